The van der Waals surface area contributed by atoms with Crippen molar-refractivity contribution in [1.29, 1.82) is 0 Å². The summed E-state index contributed by atoms with van der Waals surface area (Å²) >= 11 is 12.4. The third kappa shape index (κ3) is 7.82. The number of halogens is 2. The minimum absolute atomic E-state index is 0.0412. The molecule has 0 aliphatic heterocycles. The monoisotopic (exact) mass is 615 g/mol. The van der Waals surface area contributed by atoms with Crippen LogP contribution in [0.1, 0.15) is 50.2 Å². The van der Waals surface area contributed by atoms with Gasteiger partial charge in [-0.3, -0.25) is 13.9 Å². The lowest BCUT2D eigenvalue weighted by molar-refractivity contribution is -0.139. The molecule has 3 aromatic carbocycles. The number of sulfonamides is 1. The molecule has 3 aromatic rings. The van der Waals surface area contributed by atoms with Crippen molar-refractivity contribution in [2.75, 3.05) is 10.8 Å². The smallest absolute Gasteiger partial charge is 0.264 e. The molecule has 0 unspecified atom stereocenters. The number of rotatable bonds is 10. The largest absolute Gasteiger partial charge is 0.352 e. The number of anilines is 1. The number of hydrogen-bond donors (Lipinski definition) is 1. The van der Waals surface area contributed by atoms with Gasteiger partial charge in [0.05, 0.1) is 10.6 Å². The van der Waals surface area contributed by atoms with Crippen LogP contribution in [-0.2, 0) is 26.2 Å². The summed E-state index contributed by atoms with van der Waals surface area (Å²) in [5.74, 6) is -0.791. The first-order valence-corrected chi connectivity index (χ1v) is 15.9. The fourth-order valence-electron chi connectivity index (χ4n) is 5.02. The summed E-state index contributed by atoms with van der Waals surface area (Å²) in [6, 6.07) is 19.1. The second kappa shape index (κ2) is 13.7. The average molecular weight is 617 g/mol. The van der Waals surface area contributed by atoms with E-state index in [1.807, 2.05) is 0 Å². The first-order chi connectivity index (χ1) is 19.6. The third-order valence-corrected chi connectivity index (χ3v) is 9.70. The highest BCUT2D eigenvalue weighted by Gasteiger charge is 2.33. The van der Waals surface area contributed by atoms with Crippen LogP contribution in [0.15, 0.2) is 77.7 Å². The molecule has 1 atom stereocenters. The molecule has 0 spiro atoms. The van der Waals surface area contributed by atoms with Crippen LogP contribution in [-0.4, -0.2) is 43.8 Å². The third-order valence-electron chi connectivity index (χ3n) is 7.43. The van der Waals surface area contributed by atoms with E-state index >= 15 is 0 Å². The molecule has 0 heterocycles. The lowest BCUT2D eigenvalue weighted by Gasteiger charge is -2.33. The molecule has 0 radical (unpaired) electrons. The van der Waals surface area contributed by atoms with Crippen LogP contribution in [0.2, 0.25) is 10.0 Å². The maximum atomic E-state index is 14.1. The Bertz CT molecular complexity index is 1460. The summed E-state index contributed by atoms with van der Waals surface area (Å²) in [6.45, 7) is 3.01. The van der Waals surface area contributed by atoms with Crippen molar-refractivity contribution < 1.29 is 18.0 Å². The van der Waals surface area contributed by atoms with Gasteiger partial charge in [-0.2, -0.15) is 0 Å². The fraction of sp³-hybridized carbons (Fsp3) is 0.355. The van der Waals surface area contributed by atoms with Gasteiger partial charge in [-0.15, -0.1) is 0 Å². The van der Waals surface area contributed by atoms with Gasteiger partial charge in [-0.05, 0) is 74.2 Å². The molecular weight excluding hydrogens is 581 g/mol. The Morgan fingerprint density at radius 3 is 2.22 bits per heavy atom. The lowest BCUT2D eigenvalue weighted by atomic mass is 9.95. The minimum Gasteiger partial charge on any atom is -0.352 e. The molecular formula is C31H35Cl2N3O4S. The molecule has 1 N–H and O–H groups in total. The lowest BCUT2D eigenvalue weighted by Crippen LogP contribution is -2.53. The Morgan fingerprint density at radius 2 is 1.56 bits per heavy atom. The molecule has 41 heavy (non-hydrogen) atoms. The summed E-state index contributed by atoms with van der Waals surface area (Å²) in [7, 11) is -4.16. The summed E-state index contributed by atoms with van der Waals surface area (Å²) in [5.41, 5.74) is 1.69. The first-order valence-electron chi connectivity index (χ1n) is 13.7. The van der Waals surface area contributed by atoms with Gasteiger partial charge >= 0.3 is 0 Å². The van der Waals surface area contributed by atoms with Gasteiger partial charge in [0.1, 0.15) is 12.6 Å². The molecule has 4 rings (SSSR count). The second-order valence-corrected chi connectivity index (χ2v) is 13.2. The molecule has 10 heteroatoms. The predicted molar refractivity (Wildman–Crippen MR) is 164 cm³/mol. The number of nitrogens with zero attached hydrogens (tertiary/aromatic N) is 2. The van der Waals surface area contributed by atoms with E-state index in [2.05, 4.69) is 5.32 Å². The maximum Gasteiger partial charge on any atom is 0.264 e. The van der Waals surface area contributed by atoms with Gasteiger partial charge in [-0.25, -0.2) is 8.42 Å². The SMILES string of the molecule is Cc1ccc(Cl)cc1N(CC(=O)N(Cc1ccc(Cl)cc1)[C@H](C)C(=O)NC1CCCCC1)S(=O)(=O)c1ccccc1. The fourth-order valence-corrected chi connectivity index (χ4v) is 6.81. The molecule has 218 valence electrons. The van der Waals surface area contributed by atoms with Crippen molar-refractivity contribution >= 4 is 50.7 Å². The van der Waals surface area contributed by atoms with Crippen molar-refractivity contribution in [3.8, 4) is 0 Å². The molecule has 1 aliphatic rings. The summed E-state index contributed by atoms with van der Waals surface area (Å²) < 4.78 is 28.9. The Kier molecular flexibility index (Phi) is 10.3. The number of nitrogens with one attached hydrogen (secondary N) is 1. The Balaban J connectivity index is 1.69. The first kappa shape index (κ1) is 30.9. The van der Waals surface area contributed by atoms with E-state index in [1.165, 1.54) is 23.1 Å². The number of carbonyl (C=O) groups is 2. The van der Waals surface area contributed by atoms with Crippen LogP contribution in [0.5, 0.6) is 0 Å². The maximum absolute atomic E-state index is 14.1. The van der Waals surface area contributed by atoms with Gasteiger partial charge in [0.15, 0.2) is 0 Å². The van der Waals surface area contributed by atoms with E-state index in [0.717, 1.165) is 42.0 Å². The topological polar surface area (TPSA) is 86.8 Å². The Hall–Kier alpha value is -3.07. The van der Waals surface area contributed by atoms with Crippen LogP contribution >= 0.6 is 23.2 Å². The summed E-state index contributed by atoms with van der Waals surface area (Å²) in [6.07, 6.45) is 5.06. The predicted octanol–water partition coefficient (Wildman–Crippen LogP) is 6.36. The number of aryl methyl sites for hydroxylation is 1. The van der Waals surface area contributed by atoms with Crippen molar-refractivity contribution in [2.45, 2.75) is 69.5 Å². The Morgan fingerprint density at radius 1 is 0.927 bits per heavy atom. The number of benzene rings is 3. The van der Waals surface area contributed by atoms with Gasteiger partial charge in [0.2, 0.25) is 11.8 Å². The number of hydrogen-bond acceptors (Lipinski definition) is 4. The van der Waals surface area contributed by atoms with Crippen LogP contribution in [0.25, 0.3) is 0 Å². The van der Waals surface area contributed by atoms with Gasteiger partial charge < -0.3 is 10.2 Å². The van der Waals surface area contributed by atoms with E-state index < -0.39 is 28.5 Å². The molecule has 2 amide bonds. The van der Waals surface area contributed by atoms with Crippen molar-refractivity contribution in [3.63, 3.8) is 0 Å². The Labute approximate surface area is 252 Å². The summed E-state index contributed by atoms with van der Waals surface area (Å²) in [4.78, 5) is 29.0. The van der Waals surface area contributed by atoms with Crippen LogP contribution < -0.4 is 9.62 Å². The highest BCUT2D eigenvalue weighted by molar-refractivity contribution is 7.92. The van der Waals surface area contributed by atoms with Crippen LogP contribution in [0, 0.1) is 6.92 Å². The van der Waals surface area contributed by atoms with Crippen LogP contribution in [0.4, 0.5) is 5.69 Å². The van der Waals surface area contributed by atoms with E-state index in [9.17, 15) is 18.0 Å². The van der Waals surface area contributed by atoms with E-state index in [0.29, 0.717) is 21.3 Å². The van der Waals surface area contributed by atoms with E-state index in [4.69, 9.17) is 23.2 Å². The van der Waals surface area contributed by atoms with Crippen molar-refractivity contribution in [2.24, 2.45) is 0 Å². The van der Waals surface area contributed by atoms with Gasteiger partial charge in [-0.1, -0.05) is 78.9 Å². The zero-order valence-electron chi connectivity index (χ0n) is 23.2. The molecule has 7 nitrogen and oxygen atoms in total. The highest BCUT2D eigenvalue weighted by atomic mass is 35.5. The average Bonchev–Trinajstić information content (AvgIpc) is 2.97. The standard InChI is InChI=1S/C31H35Cl2N3O4S/c1-22-13-16-26(33)19-29(22)36(41(39,40)28-11-7-4-8-12-28)21-30(37)35(20-24-14-17-25(32)18-15-24)23(2)31(38)34-27-9-5-3-6-10-27/h4,7-8,11-19,23,27H,3,5-6,9-10,20-21H2,1-2H3,(H,34,38)/t23-/m1/s1. The normalized spacial score (nSPS) is 14.7. The molecule has 0 bridgehead atoms. The van der Waals surface area contributed by atoms with Crippen molar-refractivity contribution in [3.05, 3.63) is 94.0 Å². The minimum atomic E-state index is -4.16. The molecule has 1 fully saturated rings. The zero-order chi connectivity index (χ0) is 29.6. The quantitative estimate of drug-likeness (QED) is 0.287. The summed E-state index contributed by atoms with van der Waals surface area (Å²) in [5, 5.41) is 3.99. The van der Waals surface area contributed by atoms with E-state index in [1.54, 1.807) is 68.4 Å². The zero-order valence-corrected chi connectivity index (χ0v) is 25.6. The van der Waals surface area contributed by atoms with Crippen LogP contribution in [0.3, 0.4) is 0 Å². The molecule has 1 aliphatic carbocycles. The van der Waals surface area contributed by atoms with Gasteiger partial charge in [0, 0.05) is 22.6 Å². The van der Waals surface area contributed by atoms with E-state index in [-0.39, 0.29) is 23.4 Å². The number of carbonyl (C=O) groups excluding carboxylic acids is 2. The molecule has 0 aromatic heterocycles. The second-order valence-electron chi connectivity index (χ2n) is 10.4. The molecule has 0 saturated heterocycles. The van der Waals surface area contributed by atoms with Crippen molar-refractivity contribution in [1.82, 2.24) is 10.2 Å². The number of amides is 2. The highest BCUT2D eigenvalue weighted by Crippen LogP contribution is 2.30. The van der Waals surface area contributed by atoms with Gasteiger partial charge in [0.25, 0.3) is 10.0 Å². The molecule has 1 saturated carbocycles.